The summed E-state index contributed by atoms with van der Waals surface area (Å²) in [5, 5.41) is 3.19. The second kappa shape index (κ2) is 7.78. The van der Waals surface area contributed by atoms with E-state index in [4.69, 9.17) is 4.74 Å². The van der Waals surface area contributed by atoms with Gasteiger partial charge in [-0.1, -0.05) is 0 Å². The highest BCUT2D eigenvalue weighted by atomic mass is 16.5. The molecule has 2 aliphatic heterocycles. The van der Waals surface area contributed by atoms with Crippen molar-refractivity contribution in [2.45, 2.75) is 50.6 Å². The monoisotopic (exact) mass is 359 g/mol. The van der Waals surface area contributed by atoms with Crippen LogP contribution in [0.2, 0.25) is 0 Å². The minimum absolute atomic E-state index is 0.175. The molecule has 142 valence electrons. The topological polar surface area (TPSA) is 70.6 Å². The van der Waals surface area contributed by atoms with E-state index in [9.17, 15) is 4.79 Å². The van der Waals surface area contributed by atoms with Crippen molar-refractivity contribution in [2.75, 3.05) is 38.2 Å². The molecule has 3 heterocycles. The van der Waals surface area contributed by atoms with Crippen LogP contribution in [0.1, 0.15) is 38.5 Å². The predicted octanol–water partition coefficient (Wildman–Crippen LogP) is 1.44. The Morgan fingerprint density at radius 2 is 1.96 bits per heavy atom. The molecule has 0 radical (unpaired) electrons. The third-order valence-electron chi connectivity index (χ3n) is 5.89. The summed E-state index contributed by atoms with van der Waals surface area (Å²) in [6, 6.07) is 2.94. The Morgan fingerprint density at radius 3 is 2.69 bits per heavy atom. The molecular weight excluding hydrogens is 330 g/mol. The van der Waals surface area contributed by atoms with Crippen molar-refractivity contribution in [3.63, 3.8) is 0 Å². The number of carbonyl (C=O) groups excluding carboxylic acids is 1. The minimum Gasteiger partial charge on any atom is -0.481 e. The first-order valence-corrected chi connectivity index (χ1v) is 9.88. The van der Waals surface area contributed by atoms with Crippen LogP contribution in [0, 0.1) is 5.92 Å². The van der Waals surface area contributed by atoms with Crippen LogP contribution in [0.5, 0.6) is 5.88 Å². The number of nitrogens with one attached hydrogen (secondary N) is 1. The fourth-order valence-electron chi connectivity index (χ4n) is 4.17. The normalized spacial score (nSPS) is 25.1. The standard InChI is InChI=1S/C19H29N5O2/c1-26-18-11-17(20-13-21-18)23-9-6-16(7-10-23)24-8-2-3-14(12-24)19(25)22-15-4-5-15/h11,13-16H,2-10,12H2,1H3,(H,22,25). The zero-order chi connectivity index (χ0) is 17.9. The molecule has 3 aliphatic rings. The Hall–Kier alpha value is -1.89. The van der Waals surface area contributed by atoms with Crippen LogP contribution in [-0.2, 0) is 4.79 Å². The Balaban J connectivity index is 1.30. The van der Waals surface area contributed by atoms with Crippen molar-refractivity contribution >= 4 is 11.7 Å². The second-order valence-corrected chi connectivity index (χ2v) is 7.75. The highest BCUT2D eigenvalue weighted by molar-refractivity contribution is 5.79. The molecular formula is C19H29N5O2. The fraction of sp³-hybridized carbons (Fsp3) is 0.737. The van der Waals surface area contributed by atoms with Gasteiger partial charge < -0.3 is 15.0 Å². The molecule has 1 aromatic rings. The van der Waals surface area contributed by atoms with E-state index in [1.54, 1.807) is 13.4 Å². The van der Waals surface area contributed by atoms with Crippen LogP contribution in [0.25, 0.3) is 0 Å². The molecule has 3 fully saturated rings. The summed E-state index contributed by atoms with van der Waals surface area (Å²) in [5.41, 5.74) is 0. The molecule has 1 saturated carbocycles. The maximum absolute atomic E-state index is 12.4. The predicted molar refractivity (Wildman–Crippen MR) is 99.3 cm³/mol. The van der Waals surface area contributed by atoms with Gasteiger partial charge in [-0.3, -0.25) is 9.69 Å². The maximum atomic E-state index is 12.4. The van der Waals surface area contributed by atoms with Crippen LogP contribution < -0.4 is 15.0 Å². The number of hydrogen-bond donors (Lipinski definition) is 1. The van der Waals surface area contributed by atoms with Gasteiger partial charge in [0, 0.05) is 37.8 Å². The lowest BCUT2D eigenvalue weighted by molar-refractivity contribution is -0.127. The zero-order valence-electron chi connectivity index (χ0n) is 15.6. The fourth-order valence-corrected chi connectivity index (χ4v) is 4.17. The molecule has 1 amide bonds. The molecule has 1 unspecified atom stereocenters. The molecule has 1 aromatic heterocycles. The molecule has 7 heteroatoms. The van der Waals surface area contributed by atoms with E-state index in [1.807, 2.05) is 6.07 Å². The van der Waals surface area contributed by atoms with Crippen molar-refractivity contribution in [3.8, 4) is 5.88 Å². The van der Waals surface area contributed by atoms with E-state index in [0.29, 0.717) is 18.0 Å². The largest absolute Gasteiger partial charge is 0.481 e. The average Bonchev–Trinajstić information content (AvgIpc) is 3.52. The van der Waals surface area contributed by atoms with Gasteiger partial charge in [0.05, 0.1) is 13.0 Å². The number of ether oxygens (including phenoxy) is 1. The van der Waals surface area contributed by atoms with Gasteiger partial charge in [-0.25, -0.2) is 9.97 Å². The summed E-state index contributed by atoms with van der Waals surface area (Å²) in [7, 11) is 1.63. The number of hydrogen-bond acceptors (Lipinski definition) is 6. The van der Waals surface area contributed by atoms with Gasteiger partial charge in [0.1, 0.15) is 12.1 Å². The van der Waals surface area contributed by atoms with E-state index in [1.165, 1.54) is 0 Å². The summed E-state index contributed by atoms with van der Waals surface area (Å²) in [5.74, 6) is 2.00. The van der Waals surface area contributed by atoms with Crippen LogP contribution in [0.15, 0.2) is 12.4 Å². The number of piperidine rings is 2. The first-order valence-electron chi connectivity index (χ1n) is 9.88. The van der Waals surface area contributed by atoms with Gasteiger partial charge in [0.25, 0.3) is 0 Å². The Bertz CT molecular complexity index is 628. The third kappa shape index (κ3) is 4.09. The van der Waals surface area contributed by atoms with Gasteiger partial charge in [0.15, 0.2) is 0 Å². The molecule has 1 N–H and O–H groups in total. The van der Waals surface area contributed by atoms with E-state index in [2.05, 4.69) is 25.1 Å². The number of rotatable bonds is 5. The van der Waals surface area contributed by atoms with E-state index in [0.717, 1.165) is 70.5 Å². The lowest BCUT2D eigenvalue weighted by atomic mass is 9.93. The maximum Gasteiger partial charge on any atom is 0.224 e. The quantitative estimate of drug-likeness (QED) is 0.858. The molecule has 0 aromatic carbocycles. The van der Waals surface area contributed by atoms with Gasteiger partial charge >= 0.3 is 0 Å². The van der Waals surface area contributed by atoms with E-state index in [-0.39, 0.29) is 11.8 Å². The van der Waals surface area contributed by atoms with Crippen molar-refractivity contribution < 1.29 is 9.53 Å². The average molecular weight is 359 g/mol. The van der Waals surface area contributed by atoms with Crippen LogP contribution in [-0.4, -0.2) is 66.1 Å². The SMILES string of the molecule is COc1cc(N2CCC(N3CCCC(C(=O)NC4CC4)C3)CC2)ncn1. The lowest BCUT2D eigenvalue weighted by Crippen LogP contribution is -2.51. The zero-order valence-corrected chi connectivity index (χ0v) is 15.6. The van der Waals surface area contributed by atoms with Crippen LogP contribution in [0.4, 0.5) is 5.82 Å². The summed E-state index contributed by atoms with van der Waals surface area (Å²) in [6.45, 7) is 4.02. The Labute approximate surface area is 155 Å². The number of nitrogens with zero attached hydrogens (tertiary/aromatic N) is 4. The second-order valence-electron chi connectivity index (χ2n) is 7.75. The highest BCUT2D eigenvalue weighted by Gasteiger charge is 2.33. The highest BCUT2D eigenvalue weighted by Crippen LogP contribution is 2.27. The minimum atomic E-state index is 0.175. The summed E-state index contributed by atoms with van der Waals surface area (Å²) >= 11 is 0. The molecule has 4 rings (SSSR count). The smallest absolute Gasteiger partial charge is 0.224 e. The number of methoxy groups -OCH3 is 1. The molecule has 1 atom stereocenters. The van der Waals surface area contributed by atoms with Crippen molar-refractivity contribution in [2.24, 2.45) is 5.92 Å². The van der Waals surface area contributed by atoms with Crippen LogP contribution >= 0.6 is 0 Å². The number of amides is 1. The first kappa shape index (κ1) is 17.5. The Kier molecular flexibility index (Phi) is 5.24. The van der Waals surface area contributed by atoms with Crippen molar-refractivity contribution in [1.82, 2.24) is 20.2 Å². The molecule has 1 aliphatic carbocycles. The number of aromatic nitrogens is 2. The summed E-state index contributed by atoms with van der Waals surface area (Å²) < 4.78 is 5.20. The van der Waals surface area contributed by atoms with Crippen molar-refractivity contribution in [3.05, 3.63) is 12.4 Å². The third-order valence-corrected chi connectivity index (χ3v) is 5.89. The van der Waals surface area contributed by atoms with E-state index >= 15 is 0 Å². The summed E-state index contributed by atoms with van der Waals surface area (Å²) in [6.07, 6.45) is 8.28. The number of anilines is 1. The number of carbonyl (C=O) groups is 1. The van der Waals surface area contributed by atoms with Crippen LogP contribution in [0.3, 0.4) is 0 Å². The molecule has 0 bridgehead atoms. The first-order chi connectivity index (χ1) is 12.7. The molecule has 7 nitrogen and oxygen atoms in total. The molecule has 2 saturated heterocycles. The number of likely N-dealkylation sites (tertiary alicyclic amines) is 1. The molecule has 26 heavy (non-hydrogen) atoms. The van der Waals surface area contributed by atoms with Gasteiger partial charge in [-0.05, 0) is 45.1 Å². The van der Waals surface area contributed by atoms with Gasteiger partial charge in [-0.2, -0.15) is 0 Å². The Morgan fingerprint density at radius 1 is 1.15 bits per heavy atom. The summed E-state index contributed by atoms with van der Waals surface area (Å²) in [4.78, 5) is 25.7. The van der Waals surface area contributed by atoms with Gasteiger partial charge in [-0.15, -0.1) is 0 Å². The lowest BCUT2D eigenvalue weighted by Gasteiger charge is -2.42. The van der Waals surface area contributed by atoms with Gasteiger partial charge in [0.2, 0.25) is 11.8 Å². The van der Waals surface area contributed by atoms with Crippen molar-refractivity contribution in [1.29, 1.82) is 0 Å². The van der Waals surface area contributed by atoms with E-state index < -0.39 is 0 Å². The molecule has 0 spiro atoms.